The van der Waals surface area contributed by atoms with E-state index in [9.17, 15) is 13.2 Å². The summed E-state index contributed by atoms with van der Waals surface area (Å²) in [6.07, 6.45) is 1.97. The van der Waals surface area contributed by atoms with Crippen molar-refractivity contribution in [2.24, 2.45) is 5.14 Å². The number of carbonyl (C=O) groups excluding carboxylic acids is 1. The van der Waals surface area contributed by atoms with Gasteiger partial charge in [0.15, 0.2) is 0 Å². The van der Waals surface area contributed by atoms with Crippen LogP contribution < -0.4 is 10.5 Å². The molecule has 1 aromatic carbocycles. The molecule has 1 saturated carbocycles. The van der Waals surface area contributed by atoms with Crippen molar-refractivity contribution < 1.29 is 13.2 Å². The van der Waals surface area contributed by atoms with Crippen LogP contribution in [0.2, 0.25) is 0 Å². The van der Waals surface area contributed by atoms with E-state index in [4.69, 9.17) is 5.14 Å². The fraction of sp³-hybridized carbons (Fsp3) is 0.364. The maximum atomic E-state index is 11.8. The third-order valence-corrected chi connectivity index (χ3v) is 3.45. The molecule has 0 radical (unpaired) electrons. The molecule has 0 heterocycles. The molecular formula is C11H14N2O3S. The van der Waals surface area contributed by atoms with Gasteiger partial charge in [-0.25, -0.2) is 13.6 Å². The Morgan fingerprint density at radius 1 is 1.35 bits per heavy atom. The van der Waals surface area contributed by atoms with Crippen LogP contribution in [0.25, 0.3) is 0 Å². The highest BCUT2D eigenvalue weighted by atomic mass is 32.2. The van der Waals surface area contributed by atoms with Crippen LogP contribution >= 0.6 is 0 Å². The maximum Gasteiger partial charge on any atom is 0.251 e. The second kappa shape index (κ2) is 4.12. The molecule has 5 nitrogen and oxygen atoms in total. The monoisotopic (exact) mass is 254 g/mol. The third-order valence-electron chi connectivity index (χ3n) is 2.55. The topological polar surface area (TPSA) is 89.3 Å². The number of rotatable bonds is 3. The van der Waals surface area contributed by atoms with Crippen LogP contribution in [0, 0.1) is 6.92 Å². The molecule has 1 aliphatic carbocycles. The molecule has 1 fully saturated rings. The minimum Gasteiger partial charge on any atom is -0.349 e. The molecule has 0 aromatic heterocycles. The predicted molar refractivity (Wildman–Crippen MR) is 63.0 cm³/mol. The maximum absolute atomic E-state index is 11.8. The summed E-state index contributed by atoms with van der Waals surface area (Å²) >= 11 is 0. The average molecular weight is 254 g/mol. The van der Waals surface area contributed by atoms with Crippen molar-refractivity contribution in [2.45, 2.75) is 30.7 Å². The van der Waals surface area contributed by atoms with E-state index in [0.29, 0.717) is 11.1 Å². The molecule has 1 aliphatic rings. The molecule has 1 amide bonds. The lowest BCUT2D eigenvalue weighted by molar-refractivity contribution is 0.0951. The first-order valence-corrected chi connectivity index (χ1v) is 6.86. The van der Waals surface area contributed by atoms with Crippen molar-refractivity contribution in [1.82, 2.24) is 5.32 Å². The first-order chi connectivity index (χ1) is 7.86. The number of sulfonamides is 1. The smallest absolute Gasteiger partial charge is 0.251 e. The fourth-order valence-electron chi connectivity index (χ4n) is 1.54. The number of hydrogen-bond donors (Lipinski definition) is 2. The van der Waals surface area contributed by atoms with Gasteiger partial charge in [0.25, 0.3) is 5.91 Å². The lowest BCUT2D eigenvalue weighted by atomic mass is 10.1. The molecule has 0 unspecified atom stereocenters. The highest BCUT2D eigenvalue weighted by Gasteiger charge is 2.24. The van der Waals surface area contributed by atoms with E-state index in [1.807, 2.05) is 0 Å². The Labute approximate surface area is 100 Å². The molecule has 0 atom stereocenters. The van der Waals surface area contributed by atoms with Gasteiger partial charge in [-0.3, -0.25) is 4.79 Å². The van der Waals surface area contributed by atoms with Crippen LogP contribution in [0.4, 0.5) is 0 Å². The van der Waals surface area contributed by atoms with Gasteiger partial charge < -0.3 is 5.32 Å². The molecule has 0 bridgehead atoms. The fourth-order valence-corrected chi connectivity index (χ4v) is 2.18. The molecule has 3 N–H and O–H groups in total. The summed E-state index contributed by atoms with van der Waals surface area (Å²) in [5, 5.41) is 7.85. The van der Waals surface area contributed by atoms with Crippen molar-refractivity contribution in [3.8, 4) is 0 Å². The van der Waals surface area contributed by atoms with Gasteiger partial charge in [0.05, 0.1) is 4.90 Å². The van der Waals surface area contributed by atoms with E-state index in [-0.39, 0.29) is 16.8 Å². The van der Waals surface area contributed by atoms with Crippen LogP contribution in [0.1, 0.15) is 28.8 Å². The summed E-state index contributed by atoms with van der Waals surface area (Å²) in [7, 11) is -3.77. The summed E-state index contributed by atoms with van der Waals surface area (Å²) in [5.41, 5.74) is 1.03. The lowest BCUT2D eigenvalue weighted by Crippen LogP contribution is -2.26. The minimum atomic E-state index is -3.77. The number of benzene rings is 1. The number of amides is 1. The van der Waals surface area contributed by atoms with Crippen molar-refractivity contribution in [2.75, 3.05) is 0 Å². The number of hydrogen-bond acceptors (Lipinski definition) is 3. The van der Waals surface area contributed by atoms with E-state index in [2.05, 4.69) is 5.32 Å². The Hall–Kier alpha value is -1.40. The molecular weight excluding hydrogens is 240 g/mol. The van der Waals surface area contributed by atoms with Gasteiger partial charge in [-0.2, -0.15) is 0 Å². The summed E-state index contributed by atoms with van der Waals surface area (Å²) < 4.78 is 22.5. The van der Waals surface area contributed by atoms with Gasteiger partial charge in [0.1, 0.15) is 0 Å². The standard InChI is InChI=1S/C11H14N2O3S/c1-7-4-8(11(14)13-9-2-3-9)6-10(5-7)17(12,15)16/h4-6,9H,2-3H2,1H3,(H,13,14)(H2,12,15,16). The Kier molecular flexibility index (Phi) is 2.92. The van der Waals surface area contributed by atoms with Crippen LogP contribution in [-0.2, 0) is 10.0 Å². The second-order valence-electron chi connectivity index (χ2n) is 4.33. The van der Waals surface area contributed by atoms with Gasteiger partial charge in [-0.1, -0.05) is 0 Å². The number of carbonyl (C=O) groups is 1. The van der Waals surface area contributed by atoms with E-state index < -0.39 is 10.0 Å². The summed E-state index contributed by atoms with van der Waals surface area (Å²) in [4.78, 5) is 11.8. The summed E-state index contributed by atoms with van der Waals surface area (Å²) in [6.45, 7) is 1.72. The Morgan fingerprint density at radius 2 is 2.00 bits per heavy atom. The van der Waals surface area contributed by atoms with E-state index >= 15 is 0 Å². The molecule has 0 spiro atoms. The average Bonchev–Trinajstić information content (AvgIpc) is 2.99. The molecule has 1 aromatic rings. The van der Waals surface area contributed by atoms with Crippen molar-refractivity contribution in [3.05, 3.63) is 29.3 Å². The SMILES string of the molecule is Cc1cc(C(=O)NC2CC2)cc(S(N)(=O)=O)c1. The number of nitrogens with two attached hydrogens (primary N) is 1. The number of primary sulfonamides is 1. The third kappa shape index (κ3) is 3.04. The van der Waals surface area contributed by atoms with Crippen molar-refractivity contribution in [3.63, 3.8) is 0 Å². The Morgan fingerprint density at radius 3 is 2.53 bits per heavy atom. The van der Waals surface area contributed by atoms with E-state index in [1.54, 1.807) is 13.0 Å². The molecule has 6 heteroatoms. The van der Waals surface area contributed by atoms with Gasteiger partial charge >= 0.3 is 0 Å². The molecule has 0 saturated heterocycles. The first-order valence-electron chi connectivity index (χ1n) is 5.31. The second-order valence-corrected chi connectivity index (χ2v) is 5.89. The molecule has 92 valence electrons. The Balaban J connectivity index is 2.33. The highest BCUT2D eigenvalue weighted by Crippen LogP contribution is 2.20. The van der Waals surface area contributed by atoms with Crippen molar-refractivity contribution in [1.29, 1.82) is 0 Å². The molecule has 17 heavy (non-hydrogen) atoms. The zero-order valence-electron chi connectivity index (χ0n) is 9.43. The zero-order chi connectivity index (χ0) is 12.6. The number of aryl methyl sites for hydroxylation is 1. The predicted octanol–water partition coefficient (Wildman–Crippen LogP) is 0.535. The molecule has 0 aliphatic heterocycles. The highest BCUT2D eigenvalue weighted by molar-refractivity contribution is 7.89. The normalized spacial score (nSPS) is 15.6. The first kappa shape index (κ1) is 12.1. The van der Waals surface area contributed by atoms with E-state index in [0.717, 1.165) is 12.8 Å². The summed E-state index contributed by atoms with van der Waals surface area (Å²) in [6, 6.07) is 4.64. The summed E-state index contributed by atoms with van der Waals surface area (Å²) in [5.74, 6) is -0.249. The van der Waals surface area contributed by atoms with Crippen LogP contribution in [-0.4, -0.2) is 20.4 Å². The Bertz CT molecular complexity index is 562. The zero-order valence-corrected chi connectivity index (χ0v) is 10.3. The quantitative estimate of drug-likeness (QED) is 0.824. The van der Waals surface area contributed by atoms with Crippen LogP contribution in [0.3, 0.4) is 0 Å². The van der Waals surface area contributed by atoms with Gasteiger partial charge in [-0.05, 0) is 43.5 Å². The molecule has 2 rings (SSSR count). The van der Waals surface area contributed by atoms with Gasteiger partial charge in [-0.15, -0.1) is 0 Å². The largest absolute Gasteiger partial charge is 0.349 e. The van der Waals surface area contributed by atoms with Gasteiger partial charge in [0.2, 0.25) is 10.0 Å². The van der Waals surface area contributed by atoms with Crippen molar-refractivity contribution >= 4 is 15.9 Å². The van der Waals surface area contributed by atoms with E-state index in [1.165, 1.54) is 12.1 Å². The minimum absolute atomic E-state index is 0.0292. The van der Waals surface area contributed by atoms with Gasteiger partial charge in [0, 0.05) is 11.6 Å². The number of nitrogens with one attached hydrogen (secondary N) is 1. The lowest BCUT2D eigenvalue weighted by Gasteiger charge is -2.06. The van der Waals surface area contributed by atoms with Crippen LogP contribution in [0.5, 0.6) is 0 Å². The van der Waals surface area contributed by atoms with Crippen LogP contribution in [0.15, 0.2) is 23.1 Å².